The number of benzene rings is 3. The molecule has 0 radical (unpaired) electrons. The van der Waals surface area contributed by atoms with Crippen LogP contribution in [0.3, 0.4) is 0 Å². The van der Waals surface area contributed by atoms with Crippen LogP contribution in [0, 0.1) is 22.9 Å². The first kappa shape index (κ1) is 17.7. The largest absolute Gasteiger partial charge is 0.483 e. The number of ether oxygens (including phenoxy) is 1. The molecule has 5 heteroatoms. The van der Waals surface area contributed by atoms with E-state index in [2.05, 4.69) is 0 Å². The quantitative estimate of drug-likeness (QED) is 0.396. The van der Waals surface area contributed by atoms with E-state index in [0.717, 1.165) is 0 Å². The standard InChI is InChI=1S/C21H16F3NO/c1-26-20(25)21(14-2-8-17(22)9-3-14,15-4-10-18(23)11-5-15)16-6-12-19(24)13-7-16/h2-13,25H,1H3. The molecule has 0 amide bonds. The summed E-state index contributed by atoms with van der Waals surface area (Å²) in [6, 6.07) is 16.9. The van der Waals surface area contributed by atoms with E-state index in [0.29, 0.717) is 16.7 Å². The molecule has 0 aliphatic carbocycles. The van der Waals surface area contributed by atoms with Gasteiger partial charge in [-0.2, -0.15) is 0 Å². The lowest BCUT2D eigenvalue weighted by molar-refractivity contribution is 0.368. The van der Waals surface area contributed by atoms with E-state index in [-0.39, 0.29) is 5.90 Å². The molecule has 0 unspecified atom stereocenters. The van der Waals surface area contributed by atoms with Gasteiger partial charge in [0.05, 0.1) is 7.11 Å². The maximum absolute atomic E-state index is 13.5. The molecule has 0 aliphatic rings. The molecular formula is C21H16F3NO. The first-order valence-corrected chi connectivity index (χ1v) is 7.89. The Hall–Kier alpha value is -3.08. The Morgan fingerprint density at radius 3 is 1.15 bits per heavy atom. The molecule has 1 N–H and O–H groups in total. The minimum Gasteiger partial charge on any atom is -0.483 e. The van der Waals surface area contributed by atoms with Crippen LogP contribution in [-0.2, 0) is 10.2 Å². The van der Waals surface area contributed by atoms with Crippen LogP contribution in [0.25, 0.3) is 0 Å². The highest BCUT2D eigenvalue weighted by atomic mass is 19.1. The van der Waals surface area contributed by atoms with Gasteiger partial charge in [0.15, 0.2) is 5.90 Å². The van der Waals surface area contributed by atoms with Crippen LogP contribution in [0.1, 0.15) is 16.7 Å². The number of halogens is 3. The minimum atomic E-state index is -1.27. The maximum atomic E-state index is 13.5. The van der Waals surface area contributed by atoms with Gasteiger partial charge in [0.25, 0.3) is 0 Å². The van der Waals surface area contributed by atoms with Gasteiger partial charge >= 0.3 is 0 Å². The van der Waals surface area contributed by atoms with Crippen LogP contribution < -0.4 is 0 Å². The molecule has 2 nitrogen and oxygen atoms in total. The third-order valence-corrected chi connectivity index (χ3v) is 4.38. The summed E-state index contributed by atoms with van der Waals surface area (Å²) in [7, 11) is 1.35. The average Bonchev–Trinajstić information content (AvgIpc) is 2.66. The highest BCUT2D eigenvalue weighted by Gasteiger charge is 2.42. The van der Waals surface area contributed by atoms with Gasteiger partial charge < -0.3 is 4.74 Å². The molecular weight excluding hydrogens is 339 g/mol. The van der Waals surface area contributed by atoms with Crippen molar-refractivity contribution in [2.75, 3.05) is 7.11 Å². The molecule has 0 fully saturated rings. The molecule has 0 aliphatic heterocycles. The van der Waals surface area contributed by atoms with E-state index < -0.39 is 22.9 Å². The Kier molecular flexibility index (Phi) is 4.80. The number of hydrogen-bond acceptors (Lipinski definition) is 2. The van der Waals surface area contributed by atoms with Gasteiger partial charge in [-0.1, -0.05) is 36.4 Å². The summed E-state index contributed by atoms with van der Waals surface area (Å²) in [5.41, 5.74) is 0.362. The Bertz CT molecular complexity index is 793. The summed E-state index contributed by atoms with van der Waals surface area (Å²) < 4.78 is 45.7. The van der Waals surface area contributed by atoms with Crippen LogP contribution in [0.5, 0.6) is 0 Å². The van der Waals surface area contributed by atoms with E-state index in [4.69, 9.17) is 10.1 Å². The van der Waals surface area contributed by atoms with Crippen molar-refractivity contribution in [1.82, 2.24) is 0 Å². The second kappa shape index (κ2) is 7.04. The van der Waals surface area contributed by atoms with Crippen LogP contribution in [0.4, 0.5) is 13.2 Å². The second-order valence-corrected chi connectivity index (χ2v) is 5.80. The molecule has 0 spiro atoms. The molecule has 0 heterocycles. The Labute approximate surface area is 149 Å². The number of methoxy groups -OCH3 is 1. The van der Waals surface area contributed by atoms with Gasteiger partial charge in [-0.3, -0.25) is 5.41 Å². The normalized spacial score (nSPS) is 11.2. The van der Waals surface area contributed by atoms with E-state index >= 15 is 0 Å². The topological polar surface area (TPSA) is 33.1 Å². The van der Waals surface area contributed by atoms with E-state index in [1.165, 1.54) is 79.9 Å². The van der Waals surface area contributed by atoms with Crippen molar-refractivity contribution >= 4 is 5.90 Å². The smallest absolute Gasteiger partial charge is 0.200 e. The lowest BCUT2D eigenvalue weighted by Gasteiger charge is -2.35. The fourth-order valence-electron chi connectivity index (χ4n) is 3.15. The van der Waals surface area contributed by atoms with Gasteiger partial charge in [0, 0.05) is 0 Å². The minimum absolute atomic E-state index is 0.151. The predicted octanol–water partition coefficient (Wildman–Crippen LogP) is 5.06. The molecule has 3 aromatic rings. The van der Waals surface area contributed by atoms with Crippen LogP contribution >= 0.6 is 0 Å². The first-order chi connectivity index (χ1) is 12.5. The number of rotatable bonds is 4. The third kappa shape index (κ3) is 2.96. The zero-order valence-electron chi connectivity index (χ0n) is 14.0. The number of nitrogens with one attached hydrogen (secondary N) is 1. The van der Waals surface area contributed by atoms with Gasteiger partial charge in [-0.05, 0) is 53.1 Å². The molecule has 3 aromatic carbocycles. The molecule has 0 atom stereocenters. The first-order valence-electron chi connectivity index (χ1n) is 7.89. The summed E-state index contributed by atoms with van der Waals surface area (Å²) in [6.45, 7) is 0. The Morgan fingerprint density at radius 1 is 0.654 bits per heavy atom. The zero-order chi connectivity index (χ0) is 18.7. The molecule has 26 heavy (non-hydrogen) atoms. The Balaban J connectivity index is 2.37. The van der Waals surface area contributed by atoms with Crippen molar-refractivity contribution in [3.05, 3.63) is 107 Å². The third-order valence-electron chi connectivity index (χ3n) is 4.38. The second-order valence-electron chi connectivity index (χ2n) is 5.80. The lowest BCUT2D eigenvalue weighted by Crippen LogP contribution is -2.39. The van der Waals surface area contributed by atoms with Crippen LogP contribution in [0.2, 0.25) is 0 Å². The van der Waals surface area contributed by atoms with Crippen molar-refractivity contribution < 1.29 is 17.9 Å². The van der Waals surface area contributed by atoms with E-state index in [1.807, 2.05) is 0 Å². The van der Waals surface area contributed by atoms with Crippen LogP contribution in [0.15, 0.2) is 72.8 Å². The highest BCUT2D eigenvalue weighted by Crippen LogP contribution is 2.40. The van der Waals surface area contributed by atoms with Gasteiger partial charge in [-0.15, -0.1) is 0 Å². The molecule has 3 rings (SSSR count). The maximum Gasteiger partial charge on any atom is 0.200 e. The summed E-state index contributed by atoms with van der Waals surface area (Å²) in [4.78, 5) is 0. The summed E-state index contributed by atoms with van der Waals surface area (Å²) in [5.74, 6) is -1.43. The van der Waals surface area contributed by atoms with E-state index in [9.17, 15) is 13.2 Å². The zero-order valence-corrected chi connectivity index (χ0v) is 14.0. The van der Waals surface area contributed by atoms with Crippen molar-refractivity contribution in [3.63, 3.8) is 0 Å². The lowest BCUT2D eigenvalue weighted by atomic mass is 9.69. The molecule has 0 aromatic heterocycles. The van der Waals surface area contributed by atoms with Crippen molar-refractivity contribution in [1.29, 1.82) is 5.41 Å². The summed E-state index contributed by atoms with van der Waals surface area (Å²) >= 11 is 0. The Morgan fingerprint density at radius 2 is 0.923 bits per heavy atom. The van der Waals surface area contributed by atoms with Gasteiger partial charge in [0.1, 0.15) is 22.9 Å². The summed E-state index contributed by atoms with van der Waals surface area (Å²) in [6.07, 6.45) is 0. The van der Waals surface area contributed by atoms with Gasteiger partial charge in [-0.25, -0.2) is 13.2 Å². The fourth-order valence-corrected chi connectivity index (χ4v) is 3.15. The van der Waals surface area contributed by atoms with Crippen molar-refractivity contribution in [2.45, 2.75) is 5.41 Å². The predicted molar refractivity (Wildman–Crippen MR) is 93.8 cm³/mol. The number of hydrogen-bond donors (Lipinski definition) is 1. The summed E-state index contributed by atoms with van der Waals surface area (Å²) in [5, 5.41) is 8.51. The van der Waals surface area contributed by atoms with E-state index in [1.54, 1.807) is 0 Å². The van der Waals surface area contributed by atoms with Crippen LogP contribution in [-0.4, -0.2) is 13.0 Å². The SMILES string of the molecule is COC(=N)C(c1ccc(F)cc1)(c1ccc(F)cc1)c1ccc(F)cc1. The highest BCUT2D eigenvalue weighted by molar-refractivity contribution is 5.94. The van der Waals surface area contributed by atoms with Crippen molar-refractivity contribution in [2.24, 2.45) is 0 Å². The van der Waals surface area contributed by atoms with Crippen molar-refractivity contribution in [3.8, 4) is 0 Å². The fraction of sp³-hybridized carbons (Fsp3) is 0.0952. The van der Waals surface area contributed by atoms with Gasteiger partial charge in [0.2, 0.25) is 0 Å². The average molecular weight is 355 g/mol. The molecule has 0 saturated heterocycles. The molecule has 0 bridgehead atoms. The molecule has 132 valence electrons. The monoisotopic (exact) mass is 355 g/mol. The molecule has 0 saturated carbocycles.